The van der Waals surface area contributed by atoms with E-state index < -0.39 is 0 Å². The maximum Gasteiger partial charge on any atom is 0.283 e. The first-order valence-electron chi connectivity index (χ1n) is 4.85. The molecule has 80 valence electrons. The van der Waals surface area contributed by atoms with Gasteiger partial charge in [-0.15, -0.1) is 10.2 Å². The van der Waals surface area contributed by atoms with Crippen LogP contribution in [0.5, 0.6) is 0 Å². The lowest BCUT2D eigenvalue weighted by Gasteiger charge is -1.99. The molecule has 5 heteroatoms. The SMILES string of the molecule is CCC(N)c1nnc(-c2occc2C)o1. The second-order valence-electron chi connectivity index (χ2n) is 3.39. The number of nitrogens with zero attached hydrogens (tertiary/aromatic N) is 2. The zero-order valence-electron chi connectivity index (χ0n) is 8.73. The van der Waals surface area contributed by atoms with Crippen LogP contribution in [0, 0.1) is 6.92 Å². The third kappa shape index (κ3) is 1.78. The molecule has 0 aliphatic carbocycles. The maximum absolute atomic E-state index is 5.77. The van der Waals surface area contributed by atoms with Crippen LogP contribution in [0.1, 0.15) is 30.8 Å². The summed E-state index contributed by atoms with van der Waals surface area (Å²) in [6.45, 7) is 3.88. The Bertz CT molecular complexity index is 447. The van der Waals surface area contributed by atoms with Crippen molar-refractivity contribution in [1.82, 2.24) is 10.2 Å². The van der Waals surface area contributed by atoms with Crippen LogP contribution in [-0.4, -0.2) is 10.2 Å². The first kappa shape index (κ1) is 9.92. The lowest BCUT2D eigenvalue weighted by Crippen LogP contribution is -2.08. The van der Waals surface area contributed by atoms with Crippen molar-refractivity contribution in [1.29, 1.82) is 0 Å². The Morgan fingerprint density at radius 1 is 1.47 bits per heavy atom. The fourth-order valence-corrected chi connectivity index (χ4v) is 1.24. The number of nitrogens with two attached hydrogens (primary N) is 1. The van der Waals surface area contributed by atoms with E-state index in [1.807, 2.05) is 19.9 Å². The molecule has 0 bridgehead atoms. The van der Waals surface area contributed by atoms with Crippen LogP contribution < -0.4 is 5.73 Å². The lowest BCUT2D eigenvalue weighted by molar-refractivity contribution is 0.439. The summed E-state index contributed by atoms with van der Waals surface area (Å²) in [5, 5.41) is 7.78. The van der Waals surface area contributed by atoms with E-state index in [4.69, 9.17) is 14.6 Å². The highest BCUT2D eigenvalue weighted by Gasteiger charge is 2.16. The average Bonchev–Trinajstić information content (AvgIpc) is 2.84. The Morgan fingerprint density at radius 2 is 2.27 bits per heavy atom. The topological polar surface area (TPSA) is 78.1 Å². The average molecular weight is 207 g/mol. The van der Waals surface area contributed by atoms with Gasteiger partial charge in [-0.25, -0.2) is 0 Å². The van der Waals surface area contributed by atoms with Crippen molar-refractivity contribution < 1.29 is 8.83 Å². The Labute approximate surface area is 87.3 Å². The van der Waals surface area contributed by atoms with Gasteiger partial charge in [0.05, 0.1) is 12.3 Å². The highest BCUT2D eigenvalue weighted by atomic mass is 16.4. The summed E-state index contributed by atoms with van der Waals surface area (Å²) in [7, 11) is 0. The monoisotopic (exact) mass is 207 g/mol. The largest absolute Gasteiger partial charge is 0.459 e. The first-order chi connectivity index (χ1) is 7.22. The van der Waals surface area contributed by atoms with Crippen molar-refractivity contribution in [3.63, 3.8) is 0 Å². The van der Waals surface area contributed by atoms with Crippen molar-refractivity contribution in [2.24, 2.45) is 5.73 Å². The predicted molar refractivity (Wildman–Crippen MR) is 54.0 cm³/mol. The molecule has 5 nitrogen and oxygen atoms in total. The zero-order valence-corrected chi connectivity index (χ0v) is 8.73. The molecule has 0 saturated carbocycles. The molecular weight excluding hydrogens is 194 g/mol. The minimum Gasteiger partial charge on any atom is -0.459 e. The highest BCUT2D eigenvalue weighted by molar-refractivity contribution is 5.49. The molecular formula is C10H13N3O2. The van der Waals surface area contributed by atoms with Gasteiger partial charge in [-0.1, -0.05) is 6.92 Å². The van der Waals surface area contributed by atoms with Crippen LogP contribution in [0.15, 0.2) is 21.2 Å². The van der Waals surface area contributed by atoms with Crippen molar-refractivity contribution in [3.05, 3.63) is 23.8 Å². The molecule has 2 heterocycles. The van der Waals surface area contributed by atoms with Gasteiger partial charge < -0.3 is 14.6 Å². The van der Waals surface area contributed by atoms with E-state index in [9.17, 15) is 0 Å². The summed E-state index contributed by atoms with van der Waals surface area (Å²) < 4.78 is 10.7. The van der Waals surface area contributed by atoms with Gasteiger partial charge in [-0.2, -0.15) is 0 Å². The molecule has 15 heavy (non-hydrogen) atoms. The van der Waals surface area contributed by atoms with Crippen LogP contribution in [-0.2, 0) is 0 Å². The predicted octanol–water partition coefficient (Wildman–Crippen LogP) is 2.05. The summed E-state index contributed by atoms with van der Waals surface area (Å²) in [5.41, 5.74) is 6.74. The molecule has 0 radical (unpaired) electrons. The van der Waals surface area contributed by atoms with Gasteiger partial charge in [0.1, 0.15) is 0 Å². The number of rotatable bonds is 3. The number of hydrogen-bond acceptors (Lipinski definition) is 5. The number of hydrogen-bond donors (Lipinski definition) is 1. The van der Waals surface area contributed by atoms with Crippen molar-refractivity contribution in [2.75, 3.05) is 0 Å². The molecule has 2 aromatic heterocycles. The van der Waals surface area contributed by atoms with Crippen LogP contribution in [0.3, 0.4) is 0 Å². The van der Waals surface area contributed by atoms with Gasteiger partial charge in [0.15, 0.2) is 5.76 Å². The number of furan rings is 1. The third-order valence-corrected chi connectivity index (χ3v) is 2.25. The summed E-state index contributed by atoms with van der Waals surface area (Å²) in [6.07, 6.45) is 2.35. The van der Waals surface area contributed by atoms with Gasteiger partial charge in [-0.3, -0.25) is 0 Å². The fourth-order valence-electron chi connectivity index (χ4n) is 1.24. The van der Waals surface area contributed by atoms with E-state index in [2.05, 4.69) is 10.2 Å². The van der Waals surface area contributed by atoms with E-state index in [-0.39, 0.29) is 6.04 Å². The van der Waals surface area contributed by atoms with Crippen molar-refractivity contribution >= 4 is 0 Å². The smallest absolute Gasteiger partial charge is 0.283 e. The molecule has 1 unspecified atom stereocenters. The molecule has 2 N–H and O–H groups in total. The van der Waals surface area contributed by atoms with E-state index >= 15 is 0 Å². The molecule has 0 saturated heterocycles. The van der Waals surface area contributed by atoms with Crippen molar-refractivity contribution in [2.45, 2.75) is 26.3 Å². The molecule has 0 spiro atoms. The number of aryl methyl sites for hydroxylation is 1. The molecule has 0 aliphatic heterocycles. The van der Waals surface area contributed by atoms with Gasteiger partial charge >= 0.3 is 0 Å². The van der Waals surface area contributed by atoms with Crippen LogP contribution in [0.2, 0.25) is 0 Å². The quantitative estimate of drug-likeness (QED) is 0.833. The summed E-state index contributed by atoms with van der Waals surface area (Å²) in [4.78, 5) is 0. The zero-order chi connectivity index (χ0) is 10.8. The lowest BCUT2D eigenvalue weighted by atomic mass is 10.2. The van der Waals surface area contributed by atoms with E-state index in [1.54, 1.807) is 6.26 Å². The van der Waals surface area contributed by atoms with E-state index in [0.717, 1.165) is 12.0 Å². The standard InChI is InChI=1S/C10H13N3O2/c1-3-7(11)9-12-13-10(15-9)8-6(2)4-5-14-8/h4-5,7H,3,11H2,1-2H3. The Balaban J connectivity index is 2.32. The maximum atomic E-state index is 5.77. The molecule has 0 amide bonds. The summed E-state index contributed by atoms with van der Waals surface area (Å²) in [6, 6.07) is 1.64. The molecule has 0 aromatic carbocycles. The number of aromatic nitrogens is 2. The van der Waals surface area contributed by atoms with Crippen LogP contribution >= 0.6 is 0 Å². The molecule has 2 rings (SSSR count). The minimum absolute atomic E-state index is 0.207. The van der Waals surface area contributed by atoms with Crippen LogP contribution in [0.4, 0.5) is 0 Å². The molecule has 2 aromatic rings. The third-order valence-electron chi connectivity index (χ3n) is 2.25. The first-order valence-corrected chi connectivity index (χ1v) is 4.85. The second-order valence-corrected chi connectivity index (χ2v) is 3.39. The Kier molecular flexibility index (Phi) is 2.55. The Hall–Kier alpha value is -1.62. The molecule has 0 aliphatic rings. The highest BCUT2D eigenvalue weighted by Crippen LogP contribution is 2.24. The molecule has 0 fully saturated rings. The van der Waals surface area contributed by atoms with Crippen LogP contribution in [0.25, 0.3) is 11.7 Å². The van der Waals surface area contributed by atoms with Gasteiger partial charge in [0, 0.05) is 5.56 Å². The Morgan fingerprint density at radius 3 is 2.87 bits per heavy atom. The minimum atomic E-state index is -0.207. The van der Waals surface area contributed by atoms with E-state index in [0.29, 0.717) is 17.5 Å². The van der Waals surface area contributed by atoms with Crippen molar-refractivity contribution in [3.8, 4) is 11.7 Å². The fraction of sp³-hybridized carbons (Fsp3) is 0.400. The summed E-state index contributed by atoms with van der Waals surface area (Å²) >= 11 is 0. The molecule has 1 atom stereocenters. The second kappa shape index (κ2) is 3.86. The normalized spacial score (nSPS) is 13.0. The summed E-state index contributed by atoms with van der Waals surface area (Å²) in [5.74, 6) is 1.44. The van der Waals surface area contributed by atoms with Gasteiger partial charge in [-0.05, 0) is 19.4 Å². The van der Waals surface area contributed by atoms with E-state index in [1.165, 1.54) is 0 Å². The van der Waals surface area contributed by atoms with Gasteiger partial charge in [0.2, 0.25) is 5.89 Å². The van der Waals surface area contributed by atoms with Gasteiger partial charge in [0.25, 0.3) is 5.89 Å².